The number of carboxylic acids is 1. The predicted molar refractivity (Wildman–Crippen MR) is 65.8 cm³/mol. The fraction of sp³-hybridized carbons (Fsp3) is 0.818. The third kappa shape index (κ3) is 3.44. The molecule has 1 heterocycles. The summed E-state index contributed by atoms with van der Waals surface area (Å²) in [5.74, 6) is -2.97. The first-order chi connectivity index (χ1) is 8.06. The number of nitrogens with one attached hydrogen (secondary N) is 1. The fourth-order valence-electron chi connectivity index (χ4n) is 1.96. The van der Waals surface area contributed by atoms with Crippen molar-refractivity contribution in [2.24, 2.45) is 11.8 Å². The van der Waals surface area contributed by atoms with Crippen molar-refractivity contribution in [1.29, 1.82) is 0 Å². The maximum absolute atomic E-state index is 11.9. The summed E-state index contributed by atoms with van der Waals surface area (Å²) in [7, 11) is -3.09. The minimum atomic E-state index is -3.09. The summed E-state index contributed by atoms with van der Waals surface area (Å²) >= 11 is 0. The first kappa shape index (κ1) is 14.9. The molecule has 0 saturated carbocycles. The van der Waals surface area contributed by atoms with Crippen LogP contribution < -0.4 is 5.32 Å². The molecule has 0 radical (unpaired) electrons. The van der Waals surface area contributed by atoms with Crippen LogP contribution in [0.1, 0.15) is 27.2 Å². The van der Waals surface area contributed by atoms with Gasteiger partial charge in [0.2, 0.25) is 5.91 Å². The van der Waals surface area contributed by atoms with Crippen LogP contribution in [0, 0.1) is 11.8 Å². The summed E-state index contributed by atoms with van der Waals surface area (Å²) < 4.78 is 22.8. The molecule has 18 heavy (non-hydrogen) atoms. The number of rotatable bonds is 4. The molecule has 7 heteroatoms. The smallest absolute Gasteiger partial charge is 0.307 e. The van der Waals surface area contributed by atoms with Crippen molar-refractivity contribution in [2.75, 3.05) is 11.5 Å². The van der Waals surface area contributed by atoms with Gasteiger partial charge in [-0.2, -0.15) is 0 Å². The number of carboxylic acid groups (broad SMARTS) is 1. The Hall–Kier alpha value is -1.11. The van der Waals surface area contributed by atoms with Gasteiger partial charge in [0.1, 0.15) is 0 Å². The van der Waals surface area contributed by atoms with Crippen molar-refractivity contribution in [2.45, 2.75) is 32.7 Å². The van der Waals surface area contributed by atoms with Crippen LogP contribution in [0.25, 0.3) is 0 Å². The Balaban J connectivity index is 2.69. The quantitative estimate of drug-likeness (QED) is 0.755. The zero-order valence-corrected chi connectivity index (χ0v) is 11.6. The molecular formula is C11H19NO5S. The second-order valence-electron chi connectivity index (χ2n) is 5.31. The lowest BCUT2D eigenvalue weighted by atomic mass is 9.93. The van der Waals surface area contributed by atoms with Gasteiger partial charge in [-0.3, -0.25) is 9.59 Å². The highest BCUT2D eigenvalue weighted by molar-refractivity contribution is 7.91. The van der Waals surface area contributed by atoms with Crippen molar-refractivity contribution in [3.63, 3.8) is 0 Å². The minimum absolute atomic E-state index is 0.0621. The standard InChI is InChI=1S/C11H19NO5S/c1-7(8(2)10(14)15)9(13)12-11(3)4-5-18(16,17)6-11/h7-8H,4-6H2,1-3H3,(H,12,13)(H,14,15). The molecule has 0 spiro atoms. The lowest BCUT2D eigenvalue weighted by molar-refractivity contribution is -0.146. The Labute approximate surface area is 107 Å². The summed E-state index contributed by atoms with van der Waals surface area (Å²) in [4.78, 5) is 22.7. The Kier molecular flexibility index (Phi) is 4.05. The third-order valence-corrected chi connectivity index (χ3v) is 5.38. The van der Waals surface area contributed by atoms with Crippen LogP contribution in [-0.4, -0.2) is 42.4 Å². The zero-order valence-electron chi connectivity index (χ0n) is 10.8. The van der Waals surface area contributed by atoms with Crippen molar-refractivity contribution in [1.82, 2.24) is 5.32 Å². The molecule has 1 aliphatic rings. The Morgan fingerprint density at radius 1 is 1.28 bits per heavy atom. The number of hydrogen-bond donors (Lipinski definition) is 2. The first-order valence-electron chi connectivity index (χ1n) is 5.82. The van der Waals surface area contributed by atoms with Crippen molar-refractivity contribution >= 4 is 21.7 Å². The minimum Gasteiger partial charge on any atom is -0.481 e. The average Bonchev–Trinajstić information content (AvgIpc) is 2.50. The highest BCUT2D eigenvalue weighted by Crippen LogP contribution is 2.24. The van der Waals surface area contributed by atoms with Gasteiger partial charge < -0.3 is 10.4 Å². The summed E-state index contributed by atoms with van der Waals surface area (Å²) in [6, 6.07) is 0. The van der Waals surface area contributed by atoms with E-state index in [0.29, 0.717) is 6.42 Å². The van der Waals surface area contributed by atoms with Crippen LogP contribution >= 0.6 is 0 Å². The van der Waals surface area contributed by atoms with Gasteiger partial charge in [0.05, 0.1) is 23.0 Å². The van der Waals surface area contributed by atoms with Crippen LogP contribution in [0.5, 0.6) is 0 Å². The van der Waals surface area contributed by atoms with E-state index in [2.05, 4.69) is 5.32 Å². The lowest BCUT2D eigenvalue weighted by Crippen LogP contribution is -2.50. The van der Waals surface area contributed by atoms with Crippen molar-refractivity contribution < 1.29 is 23.1 Å². The van der Waals surface area contributed by atoms with E-state index in [1.807, 2.05) is 0 Å². The molecule has 2 N–H and O–H groups in total. The molecule has 1 rings (SSSR count). The summed E-state index contributed by atoms with van der Waals surface area (Å²) in [5, 5.41) is 11.5. The van der Waals surface area contributed by atoms with Gasteiger partial charge in [0.25, 0.3) is 0 Å². The number of hydrogen-bond acceptors (Lipinski definition) is 4. The average molecular weight is 277 g/mol. The second-order valence-corrected chi connectivity index (χ2v) is 7.49. The molecule has 1 fully saturated rings. The largest absolute Gasteiger partial charge is 0.481 e. The monoisotopic (exact) mass is 277 g/mol. The van der Waals surface area contributed by atoms with E-state index in [4.69, 9.17) is 5.11 Å². The van der Waals surface area contributed by atoms with Gasteiger partial charge in [0.15, 0.2) is 9.84 Å². The maximum Gasteiger partial charge on any atom is 0.307 e. The summed E-state index contributed by atoms with van der Waals surface area (Å²) in [6.45, 7) is 4.66. The molecular weight excluding hydrogens is 258 g/mol. The van der Waals surface area contributed by atoms with Crippen LogP contribution in [0.15, 0.2) is 0 Å². The number of carbonyl (C=O) groups is 2. The molecule has 1 amide bonds. The fourth-order valence-corrected chi connectivity index (χ4v) is 4.05. The highest BCUT2D eigenvalue weighted by atomic mass is 32.2. The van der Waals surface area contributed by atoms with E-state index in [1.54, 1.807) is 6.92 Å². The molecule has 0 aromatic heterocycles. The van der Waals surface area contributed by atoms with E-state index in [0.717, 1.165) is 0 Å². The Morgan fingerprint density at radius 3 is 2.22 bits per heavy atom. The van der Waals surface area contributed by atoms with Gasteiger partial charge in [0, 0.05) is 5.92 Å². The van der Waals surface area contributed by atoms with Gasteiger partial charge in [-0.1, -0.05) is 13.8 Å². The van der Waals surface area contributed by atoms with E-state index in [-0.39, 0.29) is 11.5 Å². The number of carbonyl (C=O) groups excluding carboxylic acids is 1. The molecule has 0 bridgehead atoms. The molecule has 0 aromatic carbocycles. The van der Waals surface area contributed by atoms with Crippen molar-refractivity contribution in [3.05, 3.63) is 0 Å². The molecule has 1 aliphatic heterocycles. The maximum atomic E-state index is 11.9. The van der Waals surface area contributed by atoms with Gasteiger partial charge >= 0.3 is 5.97 Å². The number of amides is 1. The third-order valence-electron chi connectivity index (χ3n) is 3.48. The van der Waals surface area contributed by atoms with Crippen LogP contribution in [0.4, 0.5) is 0 Å². The normalized spacial score (nSPS) is 29.5. The summed E-state index contributed by atoms with van der Waals surface area (Å²) in [5.41, 5.74) is -0.775. The number of sulfone groups is 1. The predicted octanol–water partition coefficient (Wildman–Crippen LogP) is 0.0366. The zero-order chi connectivity index (χ0) is 14.1. The Morgan fingerprint density at radius 2 is 1.83 bits per heavy atom. The molecule has 3 unspecified atom stereocenters. The van der Waals surface area contributed by atoms with Gasteiger partial charge in [-0.25, -0.2) is 8.42 Å². The summed E-state index contributed by atoms with van der Waals surface area (Å²) in [6.07, 6.45) is 0.370. The second kappa shape index (κ2) is 4.87. The highest BCUT2D eigenvalue weighted by Gasteiger charge is 2.40. The van der Waals surface area contributed by atoms with Crippen LogP contribution in [0.3, 0.4) is 0 Å². The van der Waals surface area contributed by atoms with Crippen LogP contribution in [0.2, 0.25) is 0 Å². The van der Waals surface area contributed by atoms with Crippen molar-refractivity contribution in [3.8, 4) is 0 Å². The first-order valence-corrected chi connectivity index (χ1v) is 7.64. The van der Waals surface area contributed by atoms with E-state index < -0.39 is 39.1 Å². The van der Waals surface area contributed by atoms with E-state index in [1.165, 1.54) is 13.8 Å². The molecule has 1 saturated heterocycles. The van der Waals surface area contributed by atoms with Gasteiger partial charge in [-0.15, -0.1) is 0 Å². The Bertz CT molecular complexity index is 458. The SMILES string of the molecule is CC(C(=O)O)C(C)C(=O)NC1(C)CCS(=O)(=O)C1. The molecule has 6 nitrogen and oxygen atoms in total. The van der Waals surface area contributed by atoms with Gasteiger partial charge in [-0.05, 0) is 13.3 Å². The molecule has 3 atom stereocenters. The van der Waals surface area contributed by atoms with E-state index in [9.17, 15) is 18.0 Å². The topological polar surface area (TPSA) is 101 Å². The van der Waals surface area contributed by atoms with Crippen LogP contribution in [-0.2, 0) is 19.4 Å². The molecule has 0 aliphatic carbocycles. The molecule has 0 aromatic rings. The van der Waals surface area contributed by atoms with E-state index >= 15 is 0 Å². The molecule has 104 valence electrons. The lowest BCUT2D eigenvalue weighted by Gasteiger charge is -2.27. The number of aliphatic carboxylic acids is 1.